The molecule has 0 fully saturated rings. The van der Waals surface area contributed by atoms with E-state index in [4.69, 9.17) is 26.8 Å². The standard InChI is InChI=1S/C12H16ClNO2/c1-7(14)4-8-5-10-11(6-9(8)13)16-12(2,3)15-10/h5-7H,4,14H2,1-3H3. The molecule has 0 saturated carbocycles. The first-order valence-electron chi connectivity index (χ1n) is 5.33. The molecular formula is C12H16ClNO2. The maximum Gasteiger partial charge on any atom is 0.246 e. The quantitative estimate of drug-likeness (QED) is 0.866. The van der Waals surface area contributed by atoms with Crippen molar-refractivity contribution in [1.82, 2.24) is 0 Å². The molecule has 1 aliphatic rings. The van der Waals surface area contributed by atoms with E-state index in [1.165, 1.54) is 0 Å². The van der Waals surface area contributed by atoms with Crippen molar-refractivity contribution in [2.75, 3.05) is 0 Å². The van der Waals surface area contributed by atoms with Crippen LogP contribution < -0.4 is 15.2 Å². The molecule has 16 heavy (non-hydrogen) atoms. The minimum Gasteiger partial charge on any atom is -0.449 e. The average molecular weight is 242 g/mol. The Morgan fingerprint density at radius 3 is 2.44 bits per heavy atom. The molecule has 0 aromatic heterocycles. The fourth-order valence-electron chi connectivity index (χ4n) is 1.79. The van der Waals surface area contributed by atoms with Gasteiger partial charge in [0.1, 0.15) is 0 Å². The summed E-state index contributed by atoms with van der Waals surface area (Å²) in [5, 5.41) is 0.678. The molecule has 1 aromatic rings. The van der Waals surface area contributed by atoms with E-state index >= 15 is 0 Å². The largest absolute Gasteiger partial charge is 0.449 e. The van der Waals surface area contributed by atoms with Crippen molar-refractivity contribution in [3.8, 4) is 11.5 Å². The highest BCUT2D eigenvalue weighted by atomic mass is 35.5. The number of benzene rings is 1. The van der Waals surface area contributed by atoms with Gasteiger partial charge in [-0.25, -0.2) is 0 Å². The van der Waals surface area contributed by atoms with Gasteiger partial charge in [0.05, 0.1) is 0 Å². The van der Waals surface area contributed by atoms with E-state index in [-0.39, 0.29) is 6.04 Å². The van der Waals surface area contributed by atoms with E-state index in [9.17, 15) is 0 Å². The van der Waals surface area contributed by atoms with E-state index < -0.39 is 5.79 Å². The summed E-state index contributed by atoms with van der Waals surface area (Å²) in [5.74, 6) is 0.826. The zero-order valence-corrected chi connectivity index (χ0v) is 10.5. The number of rotatable bonds is 2. The van der Waals surface area contributed by atoms with Gasteiger partial charge in [0.2, 0.25) is 5.79 Å². The molecule has 88 valence electrons. The molecule has 1 aromatic carbocycles. The Morgan fingerprint density at radius 2 is 1.88 bits per heavy atom. The molecule has 1 heterocycles. The molecule has 0 saturated heterocycles. The number of nitrogens with two attached hydrogens (primary N) is 1. The molecule has 1 unspecified atom stereocenters. The Morgan fingerprint density at radius 1 is 1.31 bits per heavy atom. The van der Waals surface area contributed by atoms with Gasteiger partial charge in [-0.2, -0.15) is 0 Å². The molecule has 0 amide bonds. The van der Waals surface area contributed by atoms with Gasteiger partial charge < -0.3 is 15.2 Å². The summed E-state index contributed by atoms with van der Waals surface area (Å²) in [6.07, 6.45) is 0.732. The van der Waals surface area contributed by atoms with Crippen LogP contribution in [0.1, 0.15) is 26.3 Å². The summed E-state index contributed by atoms with van der Waals surface area (Å²) in [5.41, 5.74) is 6.76. The molecule has 1 aliphatic heterocycles. The third-order valence-corrected chi connectivity index (χ3v) is 2.72. The third kappa shape index (κ3) is 2.25. The van der Waals surface area contributed by atoms with E-state index in [1.807, 2.05) is 26.8 Å². The van der Waals surface area contributed by atoms with Gasteiger partial charge >= 0.3 is 0 Å². The summed E-state index contributed by atoms with van der Waals surface area (Å²) >= 11 is 6.15. The molecular weight excluding hydrogens is 226 g/mol. The van der Waals surface area contributed by atoms with Crippen LogP contribution in [0.3, 0.4) is 0 Å². The lowest BCUT2D eigenvalue weighted by Crippen LogP contribution is -2.29. The maximum atomic E-state index is 6.15. The summed E-state index contributed by atoms with van der Waals surface area (Å²) in [6.45, 7) is 5.68. The Balaban J connectivity index is 2.33. The predicted molar refractivity (Wildman–Crippen MR) is 64.1 cm³/mol. The van der Waals surface area contributed by atoms with Crippen LogP contribution in [0.15, 0.2) is 12.1 Å². The van der Waals surface area contributed by atoms with Gasteiger partial charge in [-0.1, -0.05) is 11.6 Å². The molecule has 0 spiro atoms. The van der Waals surface area contributed by atoms with Gasteiger partial charge in [0.25, 0.3) is 0 Å². The second-order valence-electron chi connectivity index (χ2n) is 4.68. The van der Waals surface area contributed by atoms with E-state index in [1.54, 1.807) is 6.07 Å². The fraction of sp³-hybridized carbons (Fsp3) is 0.500. The Bertz CT molecular complexity index is 415. The predicted octanol–water partition coefficient (Wildman–Crippen LogP) is 2.74. The maximum absolute atomic E-state index is 6.15. The molecule has 0 aliphatic carbocycles. The topological polar surface area (TPSA) is 44.5 Å². The van der Waals surface area contributed by atoms with Crippen LogP contribution in [-0.2, 0) is 6.42 Å². The van der Waals surface area contributed by atoms with Crippen molar-refractivity contribution < 1.29 is 9.47 Å². The molecule has 1 atom stereocenters. The Kier molecular flexibility index (Phi) is 2.76. The number of hydrogen-bond acceptors (Lipinski definition) is 3. The second kappa shape index (κ2) is 3.82. The van der Waals surface area contributed by atoms with Crippen molar-refractivity contribution in [3.63, 3.8) is 0 Å². The summed E-state index contributed by atoms with van der Waals surface area (Å²) in [4.78, 5) is 0. The number of fused-ring (bicyclic) bond motifs is 1. The minimum atomic E-state index is -0.612. The lowest BCUT2D eigenvalue weighted by molar-refractivity contribution is -0.0431. The number of ether oxygens (including phenoxy) is 2. The highest BCUT2D eigenvalue weighted by Gasteiger charge is 2.32. The zero-order chi connectivity index (χ0) is 11.9. The second-order valence-corrected chi connectivity index (χ2v) is 5.08. The first-order chi connectivity index (χ1) is 7.37. The highest BCUT2D eigenvalue weighted by molar-refractivity contribution is 6.31. The van der Waals surface area contributed by atoms with Crippen LogP contribution in [0.2, 0.25) is 5.02 Å². The van der Waals surface area contributed by atoms with Crippen LogP contribution in [-0.4, -0.2) is 11.8 Å². The Labute approximate surface area is 100 Å². The van der Waals surface area contributed by atoms with Crippen molar-refractivity contribution in [2.45, 2.75) is 39.0 Å². The van der Waals surface area contributed by atoms with Crippen LogP contribution in [0.25, 0.3) is 0 Å². The van der Waals surface area contributed by atoms with Gasteiger partial charge in [0, 0.05) is 31.0 Å². The van der Waals surface area contributed by atoms with Crippen LogP contribution in [0.5, 0.6) is 11.5 Å². The van der Waals surface area contributed by atoms with Crippen molar-refractivity contribution in [2.24, 2.45) is 5.73 Å². The smallest absolute Gasteiger partial charge is 0.246 e. The normalized spacial score (nSPS) is 18.6. The SMILES string of the molecule is CC(N)Cc1cc2c(cc1Cl)OC(C)(C)O2. The molecule has 4 heteroatoms. The first-order valence-corrected chi connectivity index (χ1v) is 5.71. The molecule has 2 N–H and O–H groups in total. The minimum absolute atomic E-state index is 0.0749. The molecule has 3 nitrogen and oxygen atoms in total. The Hall–Kier alpha value is -0.930. The van der Waals surface area contributed by atoms with E-state index in [0.29, 0.717) is 10.8 Å². The van der Waals surface area contributed by atoms with Gasteiger partial charge in [-0.15, -0.1) is 0 Å². The van der Waals surface area contributed by atoms with Crippen LogP contribution in [0, 0.1) is 0 Å². The zero-order valence-electron chi connectivity index (χ0n) is 9.71. The van der Waals surface area contributed by atoms with Gasteiger partial charge in [-0.05, 0) is 25.0 Å². The lowest BCUT2D eigenvalue weighted by atomic mass is 10.1. The molecule has 2 rings (SSSR count). The van der Waals surface area contributed by atoms with Crippen LogP contribution in [0.4, 0.5) is 0 Å². The van der Waals surface area contributed by atoms with Gasteiger partial charge in [0.15, 0.2) is 11.5 Å². The summed E-state index contributed by atoms with van der Waals surface area (Å²) in [7, 11) is 0. The molecule has 0 radical (unpaired) electrons. The van der Waals surface area contributed by atoms with Crippen molar-refractivity contribution in [3.05, 3.63) is 22.7 Å². The van der Waals surface area contributed by atoms with Crippen molar-refractivity contribution in [1.29, 1.82) is 0 Å². The lowest BCUT2D eigenvalue weighted by Gasteiger charge is -2.16. The summed E-state index contributed by atoms with van der Waals surface area (Å²) < 4.78 is 11.2. The fourth-order valence-corrected chi connectivity index (χ4v) is 2.02. The van der Waals surface area contributed by atoms with Crippen LogP contribution >= 0.6 is 11.6 Å². The van der Waals surface area contributed by atoms with Gasteiger partial charge in [-0.3, -0.25) is 0 Å². The number of hydrogen-bond donors (Lipinski definition) is 1. The first kappa shape index (κ1) is 11.6. The molecule has 0 bridgehead atoms. The monoisotopic (exact) mass is 241 g/mol. The van der Waals surface area contributed by atoms with Crippen molar-refractivity contribution >= 4 is 11.6 Å². The number of halogens is 1. The summed E-state index contributed by atoms with van der Waals surface area (Å²) in [6, 6.07) is 3.78. The van der Waals surface area contributed by atoms with E-state index in [2.05, 4.69) is 0 Å². The third-order valence-electron chi connectivity index (χ3n) is 2.37. The van der Waals surface area contributed by atoms with E-state index in [0.717, 1.165) is 17.7 Å². The average Bonchev–Trinajstić information content (AvgIpc) is 2.38. The highest BCUT2D eigenvalue weighted by Crippen LogP contribution is 2.42.